The van der Waals surface area contributed by atoms with E-state index >= 15 is 0 Å². The van der Waals surface area contributed by atoms with Crippen LogP contribution in [0.4, 0.5) is 5.69 Å². The number of nitrogens with zero attached hydrogens (tertiary/aromatic N) is 1. The summed E-state index contributed by atoms with van der Waals surface area (Å²) >= 11 is 3.42. The van der Waals surface area contributed by atoms with Crippen molar-refractivity contribution in [2.24, 2.45) is 0 Å². The maximum atomic E-state index is 13.0. The van der Waals surface area contributed by atoms with E-state index in [-0.39, 0.29) is 4.90 Å². The van der Waals surface area contributed by atoms with Crippen LogP contribution in [0.2, 0.25) is 0 Å². The fourth-order valence-corrected chi connectivity index (χ4v) is 4.85. The number of sulfonamides is 1. The summed E-state index contributed by atoms with van der Waals surface area (Å²) in [5.74, 6) is 0.371. The van der Waals surface area contributed by atoms with Gasteiger partial charge in [-0.25, -0.2) is 8.42 Å². The van der Waals surface area contributed by atoms with Gasteiger partial charge in [0.1, 0.15) is 10.6 Å². The molecule has 0 amide bonds. The first kappa shape index (κ1) is 15.4. The molecule has 116 valence electrons. The van der Waals surface area contributed by atoms with E-state index in [1.807, 2.05) is 31.2 Å². The highest BCUT2D eigenvalue weighted by Crippen LogP contribution is 2.37. The number of rotatable bonds is 3. The standard InChI is InChI=1S/C16H16BrNO3S/c1-11-3-6-15(21-2)16(9-11)22(19,20)18-8-7-12-10-13(17)4-5-14(12)18/h3-6,9-10H,7-8H2,1-2H3. The van der Waals surface area contributed by atoms with Crippen molar-refractivity contribution in [2.75, 3.05) is 18.0 Å². The Kier molecular flexibility index (Phi) is 3.91. The van der Waals surface area contributed by atoms with Crippen molar-refractivity contribution in [1.82, 2.24) is 0 Å². The first-order valence-electron chi connectivity index (χ1n) is 6.89. The zero-order valence-corrected chi connectivity index (χ0v) is 14.7. The molecule has 6 heteroatoms. The molecule has 4 nitrogen and oxygen atoms in total. The topological polar surface area (TPSA) is 46.6 Å². The largest absolute Gasteiger partial charge is 0.495 e. The number of benzene rings is 2. The lowest BCUT2D eigenvalue weighted by Gasteiger charge is -2.21. The van der Waals surface area contributed by atoms with E-state index < -0.39 is 10.0 Å². The summed E-state index contributed by atoms with van der Waals surface area (Å²) in [4.78, 5) is 0.214. The van der Waals surface area contributed by atoms with Gasteiger partial charge in [-0.2, -0.15) is 0 Å². The molecule has 0 spiro atoms. The third-order valence-corrected chi connectivity index (χ3v) is 6.11. The third-order valence-electron chi connectivity index (χ3n) is 3.78. The average Bonchev–Trinajstić information content (AvgIpc) is 2.90. The average molecular weight is 382 g/mol. The molecule has 1 heterocycles. The van der Waals surface area contributed by atoms with Crippen molar-refractivity contribution in [2.45, 2.75) is 18.2 Å². The predicted octanol–water partition coefficient (Wildman–Crippen LogP) is 3.52. The fourth-order valence-electron chi connectivity index (χ4n) is 2.69. The molecule has 0 bridgehead atoms. The van der Waals surface area contributed by atoms with E-state index in [2.05, 4.69) is 15.9 Å². The molecule has 0 radical (unpaired) electrons. The van der Waals surface area contributed by atoms with Crippen LogP contribution in [0.3, 0.4) is 0 Å². The van der Waals surface area contributed by atoms with E-state index in [0.717, 1.165) is 21.3 Å². The highest BCUT2D eigenvalue weighted by atomic mass is 79.9. The van der Waals surface area contributed by atoms with Gasteiger partial charge in [0.25, 0.3) is 10.0 Å². The highest BCUT2D eigenvalue weighted by Gasteiger charge is 2.33. The van der Waals surface area contributed by atoms with E-state index in [9.17, 15) is 8.42 Å². The lowest BCUT2D eigenvalue weighted by atomic mass is 10.2. The maximum Gasteiger partial charge on any atom is 0.268 e. The van der Waals surface area contributed by atoms with Crippen LogP contribution in [0.25, 0.3) is 0 Å². The zero-order chi connectivity index (χ0) is 15.9. The molecule has 0 aliphatic carbocycles. The number of hydrogen-bond acceptors (Lipinski definition) is 3. The number of halogens is 1. The first-order chi connectivity index (χ1) is 10.4. The third kappa shape index (κ3) is 2.50. The minimum Gasteiger partial charge on any atom is -0.495 e. The summed E-state index contributed by atoms with van der Waals surface area (Å²) in [5, 5.41) is 0. The van der Waals surface area contributed by atoms with E-state index in [1.54, 1.807) is 12.1 Å². The van der Waals surface area contributed by atoms with Crippen molar-refractivity contribution in [3.63, 3.8) is 0 Å². The van der Waals surface area contributed by atoms with Gasteiger partial charge in [0.05, 0.1) is 12.8 Å². The number of fused-ring (bicyclic) bond motifs is 1. The number of ether oxygens (including phenoxy) is 1. The summed E-state index contributed by atoms with van der Waals surface area (Å²) in [6.07, 6.45) is 0.710. The number of anilines is 1. The lowest BCUT2D eigenvalue weighted by Crippen LogP contribution is -2.29. The molecule has 2 aromatic rings. The summed E-state index contributed by atoms with van der Waals surface area (Å²) in [5.41, 5.74) is 2.66. The normalized spacial score (nSPS) is 14.0. The van der Waals surface area contributed by atoms with Gasteiger partial charge in [-0.15, -0.1) is 0 Å². The monoisotopic (exact) mass is 381 g/mol. The zero-order valence-electron chi connectivity index (χ0n) is 12.3. The van der Waals surface area contributed by atoms with Crippen molar-refractivity contribution in [3.8, 4) is 5.75 Å². The van der Waals surface area contributed by atoms with Crippen LogP contribution >= 0.6 is 15.9 Å². The van der Waals surface area contributed by atoms with Crippen LogP contribution in [-0.4, -0.2) is 22.1 Å². The van der Waals surface area contributed by atoms with E-state index in [0.29, 0.717) is 18.7 Å². The molecule has 2 aromatic carbocycles. The Labute approximate surface area is 138 Å². The lowest BCUT2D eigenvalue weighted by molar-refractivity contribution is 0.402. The van der Waals surface area contributed by atoms with Gasteiger partial charge >= 0.3 is 0 Å². The van der Waals surface area contributed by atoms with Crippen LogP contribution in [0.1, 0.15) is 11.1 Å². The Morgan fingerprint density at radius 3 is 2.68 bits per heavy atom. The van der Waals surface area contributed by atoms with Crippen molar-refractivity contribution < 1.29 is 13.2 Å². The molecular weight excluding hydrogens is 366 g/mol. The van der Waals surface area contributed by atoms with Crippen LogP contribution in [0.15, 0.2) is 45.8 Å². The molecule has 0 N–H and O–H groups in total. The molecule has 22 heavy (non-hydrogen) atoms. The Balaban J connectivity index is 2.12. The molecule has 3 rings (SSSR count). The number of methoxy groups -OCH3 is 1. The molecular formula is C16H16BrNO3S. The van der Waals surface area contributed by atoms with Gasteiger partial charge < -0.3 is 4.74 Å². The second-order valence-corrected chi connectivity index (χ2v) is 8.00. The van der Waals surface area contributed by atoms with Gasteiger partial charge in [-0.05, 0) is 54.8 Å². The molecule has 1 aliphatic rings. The molecule has 0 unspecified atom stereocenters. The van der Waals surface area contributed by atoms with Gasteiger partial charge in [0, 0.05) is 11.0 Å². The minimum absolute atomic E-state index is 0.214. The first-order valence-corrected chi connectivity index (χ1v) is 9.12. The molecule has 0 saturated heterocycles. The van der Waals surface area contributed by atoms with Gasteiger partial charge in [-0.3, -0.25) is 4.31 Å². The Hall–Kier alpha value is -1.53. The van der Waals surface area contributed by atoms with Gasteiger partial charge in [0.2, 0.25) is 0 Å². The van der Waals surface area contributed by atoms with Gasteiger partial charge in [-0.1, -0.05) is 22.0 Å². The maximum absolute atomic E-state index is 13.0. The van der Waals surface area contributed by atoms with Crippen molar-refractivity contribution in [1.29, 1.82) is 0 Å². The SMILES string of the molecule is COc1ccc(C)cc1S(=O)(=O)N1CCc2cc(Br)ccc21. The quantitative estimate of drug-likeness (QED) is 0.816. The Morgan fingerprint density at radius 1 is 1.18 bits per heavy atom. The molecule has 0 fully saturated rings. The van der Waals surface area contributed by atoms with E-state index in [1.165, 1.54) is 11.4 Å². The van der Waals surface area contributed by atoms with Crippen LogP contribution in [0.5, 0.6) is 5.75 Å². The van der Waals surface area contributed by atoms with Crippen LogP contribution in [-0.2, 0) is 16.4 Å². The summed E-state index contributed by atoms with van der Waals surface area (Å²) in [6.45, 7) is 2.32. The van der Waals surface area contributed by atoms with Gasteiger partial charge in [0.15, 0.2) is 0 Å². The number of hydrogen-bond donors (Lipinski definition) is 0. The van der Waals surface area contributed by atoms with Crippen LogP contribution in [0, 0.1) is 6.92 Å². The summed E-state index contributed by atoms with van der Waals surface area (Å²) in [7, 11) is -2.15. The Bertz CT molecular complexity index is 833. The van der Waals surface area contributed by atoms with E-state index in [4.69, 9.17) is 4.74 Å². The minimum atomic E-state index is -3.64. The summed E-state index contributed by atoms with van der Waals surface area (Å²) < 4.78 is 33.8. The smallest absolute Gasteiger partial charge is 0.268 e. The van der Waals surface area contributed by atoms with Crippen molar-refractivity contribution in [3.05, 3.63) is 52.0 Å². The molecule has 0 aromatic heterocycles. The summed E-state index contributed by atoms with van der Waals surface area (Å²) in [6, 6.07) is 10.9. The van der Waals surface area contributed by atoms with Crippen molar-refractivity contribution >= 4 is 31.6 Å². The second kappa shape index (κ2) is 5.59. The highest BCUT2D eigenvalue weighted by molar-refractivity contribution is 9.10. The molecule has 0 saturated carbocycles. The Morgan fingerprint density at radius 2 is 1.95 bits per heavy atom. The predicted molar refractivity (Wildman–Crippen MR) is 90.1 cm³/mol. The number of aryl methyl sites for hydroxylation is 1. The second-order valence-electron chi connectivity index (χ2n) is 5.25. The molecule has 1 aliphatic heterocycles. The van der Waals surface area contributed by atoms with Crippen LogP contribution < -0.4 is 9.04 Å². The fraction of sp³-hybridized carbons (Fsp3) is 0.250. The molecule has 0 atom stereocenters.